The van der Waals surface area contributed by atoms with Crippen molar-refractivity contribution in [1.82, 2.24) is 0 Å². The molecular formula is C22H17ClN2O2. The number of para-hydroxylation sites is 1. The maximum Gasteiger partial charge on any atom is 0.176 e. The molecule has 0 amide bonds. The van der Waals surface area contributed by atoms with Crippen LogP contribution in [-0.2, 0) is 0 Å². The molecule has 1 unspecified atom stereocenters. The monoisotopic (exact) mass is 376 g/mol. The van der Waals surface area contributed by atoms with Gasteiger partial charge < -0.3 is 9.73 Å². The summed E-state index contributed by atoms with van der Waals surface area (Å²) in [5, 5.41) is 8.88. The van der Waals surface area contributed by atoms with Crippen molar-refractivity contribution in [2.45, 2.75) is 13.0 Å². The average molecular weight is 377 g/mol. The van der Waals surface area contributed by atoms with Crippen LogP contribution in [0, 0.1) is 11.8 Å². The Hall–Kier alpha value is -3.11. The van der Waals surface area contributed by atoms with Gasteiger partial charge in [-0.15, -0.1) is 4.91 Å². The highest BCUT2D eigenvalue weighted by molar-refractivity contribution is 6.31. The Morgan fingerprint density at radius 1 is 1.04 bits per heavy atom. The molecule has 27 heavy (non-hydrogen) atoms. The van der Waals surface area contributed by atoms with E-state index in [1.54, 1.807) is 12.3 Å². The molecule has 1 atom stereocenters. The minimum Gasteiger partial charge on any atom is -0.465 e. The SMILES string of the molecule is Cc1ccccc1Nc1ccc(C(N=O)c2occ3ccccc23)c(Cl)c1. The van der Waals surface area contributed by atoms with Gasteiger partial charge in [-0.25, -0.2) is 0 Å². The van der Waals surface area contributed by atoms with Gasteiger partial charge in [0.15, 0.2) is 6.04 Å². The van der Waals surface area contributed by atoms with Crippen molar-refractivity contribution in [3.63, 3.8) is 0 Å². The van der Waals surface area contributed by atoms with Crippen LogP contribution >= 0.6 is 11.6 Å². The van der Waals surface area contributed by atoms with Gasteiger partial charge in [0.25, 0.3) is 0 Å². The Balaban J connectivity index is 1.69. The molecule has 1 N–H and O–H groups in total. The quantitative estimate of drug-likeness (QED) is 0.382. The normalized spacial score (nSPS) is 12.1. The molecule has 5 heteroatoms. The molecule has 4 rings (SSSR count). The molecule has 0 aliphatic rings. The molecule has 0 radical (unpaired) electrons. The van der Waals surface area contributed by atoms with Crippen LogP contribution in [0.2, 0.25) is 5.02 Å². The smallest absolute Gasteiger partial charge is 0.176 e. The molecule has 0 aliphatic heterocycles. The first-order chi connectivity index (χ1) is 13.2. The highest BCUT2D eigenvalue weighted by Crippen LogP contribution is 2.37. The van der Waals surface area contributed by atoms with Gasteiger partial charge in [-0.2, -0.15) is 0 Å². The summed E-state index contributed by atoms with van der Waals surface area (Å²) in [6.45, 7) is 2.03. The number of nitrogens with one attached hydrogen (secondary N) is 1. The number of benzene rings is 3. The summed E-state index contributed by atoms with van der Waals surface area (Å²) in [6.07, 6.45) is 1.63. The highest BCUT2D eigenvalue weighted by atomic mass is 35.5. The van der Waals surface area contributed by atoms with Crippen molar-refractivity contribution in [2.24, 2.45) is 5.18 Å². The Bertz CT molecular complexity index is 1120. The maximum absolute atomic E-state index is 11.6. The second-order valence-corrected chi connectivity index (χ2v) is 6.78. The number of nitroso groups, excluding NO2 is 1. The van der Waals surface area contributed by atoms with Crippen LogP contribution in [0.4, 0.5) is 11.4 Å². The first kappa shape index (κ1) is 17.3. The highest BCUT2D eigenvalue weighted by Gasteiger charge is 2.23. The summed E-state index contributed by atoms with van der Waals surface area (Å²) in [5.41, 5.74) is 3.59. The van der Waals surface area contributed by atoms with Gasteiger partial charge in [0, 0.05) is 32.7 Å². The first-order valence-corrected chi connectivity index (χ1v) is 8.96. The molecule has 0 fully saturated rings. The number of nitrogens with zero attached hydrogens (tertiary/aromatic N) is 1. The number of hydrogen-bond acceptors (Lipinski definition) is 4. The Labute approximate surface area is 161 Å². The molecule has 1 heterocycles. The lowest BCUT2D eigenvalue weighted by Crippen LogP contribution is -1.99. The summed E-state index contributed by atoms with van der Waals surface area (Å²) in [4.78, 5) is 11.6. The first-order valence-electron chi connectivity index (χ1n) is 8.58. The van der Waals surface area contributed by atoms with Gasteiger partial charge in [0.2, 0.25) is 0 Å². The minimum absolute atomic E-state index is 0.457. The van der Waals surface area contributed by atoms with Gasteiger partial charge >= 0.3 is 0 Å². The molecule has 3 aromatic carbocycles. The summed E-state index contributed by atoms with van der Waals surface area (Å²) < 4.78 is 5.65. The number of halogens is 1. The van der Waals surface area contributed by atoms with Crippen molar-refractivity contribution in [2.75, 3.05) is 5.32 Å². The van der Waals surface area contributed by atoms with Crippen LogP contribution in [0.5, 0.6) is 0 Å². The standard InChI is InChI=1S/C22H17ClN2O2/c1-14-6-2-5-9-20(14)24-16-10-11-18(19(23)12-16)21(25-26)22-17-8-4-3-7-15(17)13-27-22/h2-13,21,24H,1H3. The molecule has 4 aromatic rings. The zero-order valence-electron chi connectivity index (χ0n) is 14.6. The lowest BCUT2D eigenvalue weighted by molar-refractivity contribution is 0.495. The van der Waals surface area contributed by atoms with Crippen molar-refractivity contribution in [3.05, 3.63) is 99.8 Å². The molecular weight excluding hydrogens is 360 g/mol. The van der Waals surface area contributed by atoms with E-state index < -0.39 is 6.04 Å². The molecule has 0 spiro atoms. The molecule has 1 aromatic heterocycles. The third-order valence-corrected chi connectivity index (χ3v) is 4.94. The Morgan fingerprint density at radius 2 is 1.81 bits per heavy atom. The lowest BCUT2D eigenvalue weighted by atomic mass is 10.0. The summed E-state index contributed by atoms with van der Waals surface area (Å²) in [7, 11) is 0. The number of aryl methyl sites for hydroxylation is 1. The summed E-state index contributed by atoms with van der Waals surface area (Å²) in [6, 6.07) is 20.4. The fourth-order valence-corrected chi connectivity index (χ4v) is 3.45. The van der Waals surface area contributed by atoms with Gasteiger partial charge in [-0.05, 0) is 30.7 Å². The largest absolute Gasteiger partial charge is 0.465 e. The van der Waals surface area contributed by atoms with Crippen LogP contribution in [0.15, 0.2) is 82.6 Å². The van der Waals surface area contributed by atoms with Crippen LogP contribution < -0.4 is 5.32 Å². The second kappa shape index (κ2) is 7.25. The fraction of sp³-hybridized carbons (Fsp3) is 0.0909. The van der Waals surface area contributed by atoms with Crippen molar-refractivity contribution < 1.29 is 4.42 Å². The van der Waals surface area contributed by atoms with Gasteiger partial charge in [0.1, 0.15) is 5.76 Å². The number of furan rings is 1. The van der Waals surface area contributed by atoms with Gasteiger partial charge in [-0.3, -0.25) is 0 Å². The van der Waals surface area contributed by atoms with Crippen molar-refractivity contribution in [3.8, 4) is 0 Å². The average Bonchev–Trinajstić information content (AvgIpc) is 3.10. The minimum atomic E-state index is -0.801. The van der Waals surface area contributed by atoms with E-state index in [2.05, 4.69) is 10.5 Å². The van der Waals surface area contributed by atoms with E-state index in [-0.39, 0.29) is 0 Å². The van der Waals surface area contributed by atoms with Crippen LogP contribution in [0.3, 0.4) is 0 Å². The van der Waals surface area contributed by atoms with Crippen molar-refractivity contribution in [1.29, 1.82) is 0 Å². The molecule has 0 saturated heterocycles. The molecule has 0 aliphatic carbocycles. The molecule has 4 nitrogen and oxygen atoms in total. The zero-order chi connectivity index (χ0) is 18.8. The van der Waals surface area contributed by atoms with Crippen molar-refractivity contribution >= 4 is 33.7 Å². The van der Waals surface area contributed by atoms with E-state index in [1.165, 1.54) is 0 Å². The number of rotatable bonds is 5. The third-order valence-electron chi connectivity index (χ3n) is 4.61. The van der Waals surface area contributed by atoms with E-state index in [0.717, 1.165) is 27.7 Å². The number of hydrogen-bond donors (Lipinski definition) is 1. The van der Waals surface area contributed by atoms with Gasteiger partial charge in [-0.1, -0.05) is 65.3 Å². The van der Waals surface area contributed by atoms with E-state index in [4.69, 9.17) is 16.0 Å². The van der Waals surface area contributed by atoms with Crippen LogP contribution in [0.1, 0.15) is 22.9 Å². The third kappa shape index (κ3) is 3.32. The lowest BCUT2D eigenvalue weighted by Gasteiger charge is -2.13. The summed E-state index contributed by atoms with van der Waals surface area (Å²) >= 11 is 6.50. The fourth-order valence-electron chi connectivity index (χ4n) is 3.17. The van der Waals surface area contributed by atoms with Gasteiger partial charge in [0.05, 0.1) is 6.26 Å². The Morgan fingerprint density at radius 3 is 2.59 bits per heavy atom. The van der Waals surface area contributed by atoms with Crippen LogP contribution in [0.25, 0.3) is 10.8 Å². The molecule has 134 valence electrons. The van der Waals surface area contributed by atoms with E-state index in [1.807, 2.05) is 67.6 Å². The second-order valence-electron chi connectivity index (χ2n) is 6.37. The van der Waals surface area contributed by atoms with E-state index in [0.29, 0.717) is 16.3 Å². The Kier molecular flexibility index (Phi) is 4.65. The predicted molar refractivity (Wildman–Crippen MR) is 110 cm³/mol. The zero-order valence-corrected chi connectivity index (χ0v) is 15.4. The molecule has 0 saturated carbocycles. The van der Waals surface area contributed by atoms with E-state index >= 15 is 0 Å². The number of fused-ring (bicyclic) bond motifs is 1. The summed E-state index contributed by atoms with van der Waals surface area (Å²) in [5.74, 6) is 0.502. The van der Waals surface area contributed by atoms with Crippen LogP contribution in [-0.4, -0.2) is 0 Å². The predicted octanol–water partition coefficient (Wildman–Crippen LogP) is 6.99. The molecule has 0 bridgehead atoms. The number of anilines is 2. The van der Waals surface area contributed by atoms with E-state index in [9.17, 15) is 4.91 Å². The maximum atomic E-state index is 11.6. The topological polar surface area (TPSA) is 54.6 Å².